The fraction of sp³-hybridized carbons (Fsp3) is 0.400. The number of amides is 2. The van der Waals surface area contributed by atoms with Gasteiger partial charge in [0.2, 0.25) is 5.95 Å². The number of benzene rings is 1. The van der Waals surface area contributed by atoms with Crippen molar-refractivity contribution in [3.05, 3.63) is 40.7 Å². The molecule has 0 saturated carbocycles. The number of hydrogen-bond acceptors (Lipinski definition) is 3. The van der Waals surface area contributed by atoms with Crippen LogP contribution in [0.4, 0.5) is 10.7 Å². The van der Waals surface area contributed by atoms with E-state index in [4.69, 9.17) is 11.6 Å². The fourth-order valence-corrected chi connectivity index (χ4v) is 3.02. The van der Waals surface area contributed by atoms with Crippen molar-refractivity contribution in [1.29, 1.82) is 0 Å². The van der Waals surface area contributed by atoms with E-state index < -0.39 is 0 Å². The smallest absolute Gasteiger partial charge is 0.317 e. The first-order valence-electron chi connectivity index (χ1n) is 7.26. The Morgan fingerprint density at radius 3 is 2.86 bits per heavy atom. The zero-order valence-electron chi connectivity index (χ0n) is 12.6. The highest BCUT2D eigenvalue weighted by molar-refractivity contribution is 6.31. The number of anilines is 1. The van der Waals surface area contributed by atoms with Gasteiger partial charge in [-0.05, 0) is 31.4 Å². The normalized spacial score (nSPS) is 17.8. The number of carbonyl (C=O) groups is 1. The van der Waals surface area contributed by atoms with Crippen LogP contribution in [-0.2, 0) is 7.05 Å². The number of nitrogens with zero attached hydrogens (tertiary/aromatic N) is 4. The van der Waals surface area contributed by atoms with Gasteiger partial charge in [-0.1, -0.05) is 29.8 Å². The first-order valence-corrected chi connectivity index (χ1v) is 7.64. The third kappa shape index (κ3) is 2.78. The standard InChI is InChI=1S/C15H18ClN5O/c1-10-17-14(19-20(10)2)18-15(22)21-9-5-8-13(21)11-6-3-4-7-12(11)16/h3-4,6-7,13H,5,8-9H2,1-2H3,(H,18,19,22). The topological polar surface area (TPSA) is 63.1 Å². The Labute approximate surface area is 134 Å². The molecule has 1 saturated heterocycles. The van der Waals surface area contributed by atoms with Crippen molar-refractivity contribution >= 4 is 23.6 Å². The Morgan fingerprint density at radius 1 is 1.41 bits per heavy atom. The molecule has 0 bridgehead atoms. The molecule has 0 radical (unpaired) electrons. The maximum atomic E-state index is 12.5. The van der Waals surface area contributed by atoms with E-state index in [1.54, 1.807) is 16.6 Å². The predicted molar refractivity (Wildman–Crippen MR) is 84.9 cm³/mol. The van der Waals surface area contributed by atoms with Crippen LogP contribution in [0.1, 0.15) is 30.3 Å². The highest BCUT2D eigenvalue weighted by Crippen LogP contribution is 2.35. The number of halogens is 1. The number of likely N-dealkylation sites (tertiary alicyclic amines) is 1. The van der Waals surface area contributed by atoms with Crippen LogP contribution >= 0.6 is 11.6 Å². The first kappa shape index (κ1) is 14.8. The van der Waals surface area contributed by atoms with Crippen LogP contribution in [0.2, 0.25) is 5.02 Å². The number of hydrogen-bond donors (Lipinski definition) is 1. The summed E-state index contributed by atoms with van der Waals surface area (Å²) in [6.45, 7) is 2.54. The van der Waals surface area contributed by atoms with Gasteiger partial charge in [0, 0.05) is 18.6 Å². The van der Waals surface area contributed by atoms with Crippen molar-refractivity contribution in [3.8, 4) is 0 Å². The Morgan fingerprint density at radius 2 is 2.18 bits per heavy atom. The molecule has 1 fully saturated rings. The molecular weight excluding hydrogens is 302 g/mol. The highest BCUT2D eigenvalue weighted by Gasteiger charge is 2.31. The average Bonchev–Trinajstić information content (AvgIpc) is 3.07. The van der Waals surface area contributed by atoms with E-state index in [2.05, 4.69) is 15.4 Å². The summed E-state index contributed by atoms with van der Waals surface area (Å²) in [5.74, 6) is 1.08. The minimum absolute atomic E-state index is 0.00138. The quantitative estimate of drug-likeness (QED) is 0.925. The van der Waals surface area contributed by atoms with Gasteiger partial charge in [0.15, 0.2) is 0 Å². The molecule has 22 heavy (non-hydrogen) atoms. The van der Waals surface area contributed by atoms with Crippen LogP contribution in [0, 0.1) is 6.92 Å². The van der Waals surface area contributed by atoms with E-state index >= 15 is 0 Å². The fourth-order valence-electron chi connectivity index (χ4n) is 2.76. The molecule has 2 aromatic rings. The molecule has 0 spiro atoms. The number of carbonyl (C=O) groups excluding carboxylic acids is 1. The SMILES string of the molecule is Cc1nc(NC(=O)N2CCCC2c2ccccc2Cl)nn1C. The van der Waals surface area contributed by atoms with Crippen LogP contribution in [0.3, 0.4) is 0 Å². The van der Waals surface area contributed by atoms with Crippen LogP contribution in [-0.4, -0.2) is 32.2 Å². The molecular formula is C15H18ClN5O. The number of rotatable bonds is 2. The van der Waals surface area contributed by atoms with E-state index in [1.807, 2.05) is 31.2 Å². The maximum absolute atomic E-state index is 12.5. The van der Waals surface area contributed by atoms with E-state index in [1.165, 1.54) is 0 Å². The third-order valence-electron chi connectivity index (χ3n) is 3.98. The molecule has 1 aliphatic heterocycles. The molecule has 1 atom stereocenters. The first-order chi connectivity index (χ1) is 10.6. The lowest BCUT2D eigenvalue weighted by Gasteiger charge is -2.25. The lowest BCUT2D eigenvalue weighted by Crippen LogP contribution is -2.34. The molecule has 7 heteroatoms. The Balaban J connectivity index is 1.78. The largest absolute Gasteiger partial charge is 0.324 e. The van der Waals surface area contributed by atoms with Crippen LogP contribution in [0.15, 0.2) is 24.3 Å². The number of aryl methyl sites for hydroxylation is 2. The van der Waals surface area contributed by atoms with Gasteiger partial charge in [0.1, 0.15) is 5.82 Å². The van der Waals surface area contributed by atoms with Gasteiger partial charge >= 0.3 is 6.03 Å². The van der Waals surface area contributed by atoms with Crippen molar-refractivity contribution in [2.24, 2.45) is 7.05 Å². The lowest BCUT2D eigenvalue weighted by molar-refractivity contribution is 0.207. The Hall–Kier alpha value is -2.08. The van der Waals surface area contributed by atoms with Crippen molar-refractivity contribution < 1.29 is 4.79 Å². The van der Waals surface area contributed by atoms with Gasteiger partial charge < -0.3 is 4.90 Å². The van der Waals surface area contributed by atoms with Gasteiger partial charge in [-0.25, -0.2) is 4.79 Å². The molecule has 6 nitrogen and oxygen atoms in total. The van der Waals surface area contributed by atoms with Gasteiger partial charge in [-0.2, -0.15) is 4.98 Å². The molecule has 0 aliphatic carbocycles. The van der Waals surface area contributed by atoms with Gasteiger partial charge in [0.05, 0.1) is 6.04 Å². The summed E-state index contributed by atoms with van der Waals surface area (Å²) in [7, 11) is 1.79. The summed E-state index contributed by atoms with van der Waals surface area (Å²) in [5, 5.41) is 7.62. The minimum Gasteiger partial charge on any atom is -0.317 e. The van der Waals surface area contributed by atoms with Crippen LogP contribution in [0.25, 0.3) is 0 Å². The van der Waals surface area contributed by atoms with E-state index in [-0.39, 0.29) is 12.1 Å². The van der Waals surface area contributed by atoms with Crippen molar-refractivity contribution in [2.75, 3.05) is 11.9 Å². The van der Waals surface area contributed by atoms with E-state index in [0.29, 0.717) is 17.5 Å². The van der Waals surface area contributed by atoms with Crippen LogP contribution < -0.4 is 5.32 Å². The van der Waals surface area contributed by atoms with Gasteiger partial charge in [0.25, 0.3) is 0 Å². The second-order valence-electron chi connectivity index (χ2n) is 5.41. The summed E-state index contributed by atoms with van der Waals surface area (Å²) in [4.78, 5) is 18.5. The van der Waals surface area contributed by atoms with E-state index in [0.717, 1.165) is 24.2 Å². The lowest BCUT2D eigenvalue weighted by atomic mass is 10.0. The zero-order valence-corrected chi connectivity index (χ0v) is 13.3. The molecule has 1 aromatic heterocycles. The van der Waals surface area contributed by atoms with Gasteiger partial charge in [-0.3, -0.25) is 10.00 Å². The number of aromatic nitrogens is 3. The maximum Gasteiger partial charge on any atom is 0.324 e. The molecule has 1 aromatic carbocycles. The molecule has 1 aliphatic rings. The zero-order chi connectivity index (χ0) is 15.7. The summed E-state index contributed by atoms with van der Waals surface area (Å²) in [5.41, 5.74) is 0.988. The van der Waals surface area contributed by atoms with Crippen molar-refractivity contribution in [2.45, 2.75) is 25.8 Å². The van der Waals surface area contributed by atoms with Crippen molar-refractivity contribution in [3.63, 3.8) is 0 Å². The van der Waals surface area contributed by atoms with Gasteiger partial charge in [-0.15, -0.1) is 5.10 Å². The summed E-state index contributed by atoms with van der Waals surface area (Å²) in [6, 6.07) is 7.48. The van der Waals surface area contributed by atoms with Crippen LogP contribution in [0.5, 0.6) is 0 Å². The second kappa shape index (κ2) is 5.96. The molecule has 3 rings (SSSR count). The Kier molecular flexibility index (Phi) is 4.02. The number of urea groups is 1. The minimum atomic E-state index is -0.187. The molecule has 116 valence electrons. The summed E-state index contributed by atoms with van der Waals surface area (Å²) >= 11 is 6.27. The monoisotopic (exact) mass is 319 g/mol. The number of nitrogens with one attached hydrogen (secondary N) is 1. The summed E-state index contributed by atoms with van der Waals surface area (Å²) < 4.78 is 1.63. The average molecular weight is 320 g/mol. The predicted octanol–water partition coefficient (Wildman–Crippen LogP) is 3.15. The molecule has 1 N–H and O–H groups in total. The highest BCUT2D eigenvalue weighted by atomic mass is 35.5. The van der Waals surface area contributed by atoms with Crippen molar-refractivity contribution in [1.82, 2.24) is 19.7 Å². The van der Waals surface area contributed by atoms with E-state index in [9.17, 15) is 4.79 Å². The molecule has 2 heterocycles. The second-order valence-corrected chi connectivity index (χ2v) is 5.82. The summed E-state index contributed by atoms with van der Waals surface area (Å²) in [6.07, 6.45) is 1.86. The Bertz CT molecular complexity index is 679. The molecule has 1 unspecified atom stereocenters. The molecule has 2 amide bonds. The third-order valence-corrected chi connectivity index (χ3v) is 4.32.